The summed E-state index contributed by atoms with van der Waals surface area (Å²) in [5.41, 5.74) is 7.14. The van der Waals surface area contributed by atoms with Crippen LogP contribution in [0.15, 0.2) is 24.3 Å². The molecule has 120 valence electrons. The fraction of sp³-hybridized carbons (Fsp3) is 0.562. The van der Waals surface area contributed by atoms with Gasteiger partial charge in [0.2, 0.25) is 5.91 Å². The summed E-state index contributed by atoms with van der Waals surface area (Å²) in [7, 11) is 3.72. The second kappa shape index (κ2) is 6.32. The fourth-order valence-corrected chi connectivity index (χ4v) is 3.46. The molecular weight excluding hydrogens is 283 g/mol. The van der Waals surface area contributed by atoms with E-state index in [1.54, 1.807) is 6.07 Å². The van der Waals surface area contributed by atoms with E-state index in [1.807, 2.05) is 30.0 Å². The van der Waals surface area contributed by atoms with Crippen LogP contribution in [0.2, 0.25) is 0 Å². The Labute approximate surface area is 130 Å². The number of rotatable bonds is 3. The van der Waals surface area contributed by atoms with Crippen molar-refractivity contribution in [2.24, 2.45) is 5.92 Å². The first-order chi connectivity index (χ1) is 10.6. The van der Waals surface area contributed by atoms with Crippen LogP contribution in [0.25, 0.3) is 0 Å². The number of likely N-dealkylation sites (tertiary alicyclic amines) is 1. The van der Waals surface area contributed by atoms with Crippen molar-refractivity contribution in [2.45, 2.75) is 18.5 Å². The van der Waals surface area contributed by atoms with Gasteiger partial charge in [0.25, 0.3) is 0 Å². The number of hydrogen-bond acceptors (Lipinski definition) is 4. The van der Waals surface area contributed by atoms with Gasteiger partial charge in [0, 0.05) is 31.6 Å². The number of amides is 1. The highest BCUT2D eigenvalue weighted by Crippen LogP contribution is 2.26. The molecule has 3 unspecified atom stereocenters. The van der Waals surface area contributed by atoms with Gasteiger partial charge in [0.15, 0.2) is 0 Å². The maximum absolute atomic E-state index is 13.5. The molecule has 0 spiro atoms. The van der Waals surface area contributed by atoms with E-state index >= 15 is 0 Å². The number of likely N-dealkylation sites (N-methyl/N-ethyl adjacent to an activating group) is 1. The lowest BCUT2D eigenvalue weighted by Gasteiger charge is -2.37. The predicted octanol–water partition coefficient (Wildman–Crippen LogP) is 0.753. The summed E-state index contributed by atoms with van der Waals surface area (Å²) in [5, 5.41) is 0. The maximum Gasteiger partial charge on any atom is 0.244 e. The van der Waals surface area contributed by atoms with Gasteiger partial charge in [-0.1, -0.05) is 12.1 Å². The third kappa shape index (κ3) is 2.99. The molecule has 1 aromatic rings. The van der Waals surface area contributed by atoms with E-state index < -0.39 is 6.04 Å². The van der Waals surface area contributed by atoms with Gasteiger partial charge in [-0.15, -0.1) is 0 Å². The molecule has 1 aromatic carbocycles. The molecule has 6 heteroatoms. The number of fused-ring (bicyclic) bond motifs is 1. The molecule has 0 aliphatic carbocycles. The number of carbonyl (C=O) groups excluding carboxylic acids is 1. The lowest BCUT2D eigenvalue weighted by atomic mass is 9.93. The molecule has 3 atom stereocenters. The Bertz CT molecular complexity index is 551. The molecule has 0 saturated carbocycles. The van der Waals surface area contributed by atoms with E-state index in [0.717, 1.165) is 26.1 Å². The lowest BCUT2D eigenvalue weighted by Crippen LogP contribution is -2.50. The molecule has 2 heterocycles. The molecule has 2 fully saturated rings. The minimum Gasteiger partial charge on any atom is -0.341 e. The van der Waals surface area contributed by atoms with Crippen molar-refractivity contribution in [1.82, 2.24) is 20.7 Å². The number of nitrogens with zero attached hydrogens (tertiary/aromatic N) is 2. The third-order valence-corrected chi connectivity index (χ3v) is 4.61. The van der Waals surface area contributed by atoms with Crippen molar-refractivity contribution in [2.75, 3.05) is 33.7 Å². The van der Waals surface area contributed by atoms with Gasteiger partial charge in [0.05, 0.1) is 0 Å². The number of hydrazine groups is 1. The summed E-state index contributed by atoms with van der Waals surface area (Å²) >= 11 is 0. The van der Waals surface area contributed by atoms with E-state index in [4.69, 9.17) is 0 Å². The standard InChI is InChI=1S/C16H23FN4O/c1-20(2)15(11-4-3-5-13(17)8-11)16(22)21-7-6-14-12(10-21)9-18-19-14/h3-5,8,12,14-15,18-19H,6-7,9-10H2,1-2H3. The van der Waals surface area contributed by atoms with Crippen LogP contribution in [0.1, 0.15) is 18.0 Å². The molecular formula is C16H23FN4O. The van der Waals surface area contributed by atoms with Gasteiger partial charge in [-0.25, -0.2) is 4.39 Å². The molecule has 1 amide bonds. The van der Waals surface area contributed by atoms with Crippen LogP contribution < -0.4 is 10.9 Å². The highest BCUT2D eigenvalue weighted by molar-refractivity contribution is 5.83. The number of hydrogen-bond donors (Lipinski definition) is 2. The van der Waals surface area contributed by atoms with E-state index in [-0.39, 0.29) is 11.7 Å². The highest BCUT2D eigenvalue weighted by atomic mass is 19.1. The number of carbonyl (C=O) groups is 1. The lowest BCUT2D eigenvalue weighted by molar-refractivity contribution is -0.138. The summed E-state index contributed by atoms with van der Waals surface area (Å²) < 4.78 is 13.5. The van der Waals surface area contributed by atoms with Gasteiger partial charge in [-0.2, -0.15) is 0 Å². The van der Waals surface area contributed by atoms with Crippen molar-refractivity contribution in [3.05, 3.63) is 35.6 Å². The molecule has 22 heavy (non-hydrogen) atoms. The quantitative estimate of drug-likeness (QED) is 0.865. The smallest absolute Gasteiger partial charge is 0.244 e. The topological polar surface area (TPSA) is 47.6 Å². The predicted molar refractivity (Wildman–Crippen MR) is 82.4 cm³/mol. The SMILES string of the molecule is CN(C)C(C(=O)N1CCC2NNCC2C1)c1cccc(F)c1. The third-order valence-electron chi connectivity index (χ3n) is 4.61. The molecule has 2 N–H and O–H groups in total. The van der Waals surface area contributed by atoms with Crippen LogP contribution in [0.4, 0.5) is 4.39 Å². The van der Waals surface area contributed by atoms with Crippen molar-refractivity contribution in [3.8, 4) is 0 Å². The minimum atomic E-state index is -0.436. The Morgan fingerprint density at radius 2 is 2.27 bits per heavy atom. The Morgan fingerprint density at radius 1 is 1.45 bits per heavy atom. The summed E-state index contributed by atoms with van der Waals surface area (Å²) in [4.78, 5) is 16.7. The second-order valence-corrected chi connectivity index (χ2v) is 6.39. The van der Waals surface area contributed by atoms with Crippen molar-refractivity contribution in [1.29, 1.82) is 0 Å². The first-order valence-electron chi connectivity index (χ1n) is 7.75. The van der Waals surface area contributed by atoms with Crippen molar-refractivity contribution in [3.63, 3.8) is 0 Å². The zero-order valence-corrected chi connectivity index (χ0v) is 13.1. The largest absolute Gasteiger partial charge is 0.341 e. The average Bonchev–Trinajstić information content (AvgIpc) is 2.94. The average molecular weight is 306 g/mol. The van der Waals surface area contributed by atoms with Crippen molar-refractivity contribution < 1.29 is 9.18 Å². The van der Waals surface area contributed by atoms with E-state index in [1.165, 1.54) is 12.1 Å². The fourth-order valence-electron chi connectivity index (χ4n) is 3.46. The summed E-state index contributed by atoms with van der Waals surface area (Å²) in [6.07, 6.45) is 0.951. The van der Waals surface area contributed by atoms with E-state index in [9.17, 15) is 9.18 Å². The molecule has 2 saturated heterocycles. The zero-order valence-electron chi connectivity index (χ0n) is 13.1. The van der Waals surface area contributed by atoms with Crippen LogP contribution in [-0.4, -0.2) is 55.5 Å². The molecule has 0 radical (unpaired) electrons. The van der Waals surface area contributed by atoms with E-state index in [0.29, 0.717) is 17.5 Å². The molecule has 3 rings (SSSR count). The number of halogens is 1. The monoisotopic (exact) mass is 306 g/mol. The molecule has 0 bridgehead atoms. The molecule has 0 aromatic heterocycles. The van der Waals surface area contributed by atoms with Gasteiger partial charge < -0.3 is 4.90 Å². The van der Waals surface area contributed by atoms with Crippen LogP contribution >= 0.6 is 0 Å². The Kier molecular flexibility index (Phi) is 4.42. The first kappa shape index (κ1) is 15.4. The number of nitrogens with one attached hydrogen (secondary N) is 2. The second-order valence-electron chi connectivity index (χ2n) is 6.39. The normalized spacial score (nSPS) is 26.1. The van der Waals surface area contributed by atoms with Gasteiger partial charge in [0.1, 0.15) is 11.9 Å². The van der Waals surface area contributed by atoms with Gasteiger partial charge in [-0.3, -0.25) is 20.5 Å². The maximum atomic E-state index is 13.5. The van der Waals surface area contributed by atoms with Crippen LogP contribution in [-0.2, 0) is 4.79 Å². The van der Waals surface area contributed by atoms with Crippen LogP contribution in [0, 0.1) is 11.7 Å². The molecule has 5 nitrogen and oxygen atoms in total. The number of piperidine rings is 1. The van der Waals surface area contributed by atoms with Gasteiger partial charge >= 0.3 is 0 Å². The van der Waals surface area contributed by atoms with Gasteiger partial charge in [-0.05, 0) is 38.2 Å². The summed E-state index contributed by atoms with van der Waals surface area (Å²) in [5.74, 6) is 0.203. The first-order valence-corrected chi connectivity index (χ1v) is 7.75. The Morgan fingerprint density at radius 3 is 3.00 bits per heavy atom. The number of benzene rings is 1. The highest BCUT2D eigenvalue weighted by Gasteiger charge is 2.37. The van der Waals surface area contributed by atoms with Crippen LogP contribution in [0.3, 0.4) is 0 Å². The minimum absolute atomic E-state index is 0.0564. The van der Waals surface area contributed by atoms with Crippen LogP contribution in [0.5, 0.6) is 0 Å². The Balaban J connectivity index is 1.78. The molecule has 2 aliphatic rings. The Hall–Kier alpha value is -1.50. The van der Waals surface area contributed by atoms with Crippen molar-refractivity contribution >= 4 is 5.91 Å². The summed E-state index contributed by atoms with van der Waals surface area (Å²) in [6, 6.07) is 6.35. The van der Waals surface area contributed by atoms with E-state index in [2.05, 4.69) is 10.9 Å². The molecule has 2 aliphatic heterocycles. The zero-order chi connectivity index (χ0) is 15.7. The summed E-state index contributed by atoms with van der Waals surface area (Å²) in [6.45, 7) is 2.39.